The van der Waals surface area contributed by atoms with E-state index in [4.69, 9.17) is 11.6 Å². The van der Waals surface area contributed by atoms with E-state index in [1.54, 1.807) is 0 Å². The van der Waals surface area contributed by atoms with E-state index < -0.39 is 0 Å². The molecular formula is C9H15Cl. The second kappa shape index (κ2) is 2.96. The molecule has 0 aromatic rings. The maximum atomic E-state index is 6.30. The first-order chi connectivity index (χ1) is 4.62. The monoisotopic (exact) mass is 158 g/mol. The second-order valence-corrected chi connectivity index (χ2v) is 4.29. The third kappa shape index (κ3) is 2.02. The summed E-state index contributed by atoms with van der Waals surface area (Å²) in [6.45, 7) is 5.94. The van der Waals surface area contributed by atoms with E-state index in [2.05, 4.69) is 13.5 Å². The van der Waals surface area contributed by atoms with Gasteiger partial charge in [0.2, 0.25) is 0 Å². The Bertz CT molecular complexity index is 132. The van der Waals surface area contributed by atoms with Crippen LogP contribution in [0.1, 0.15) is 39.0 Å². The normalized spacial score (nSPS) is 23.0. The minimum Gasteiger partial charge on any atom is -0.119 e. The summed E-state index contributed by atoms with van der Waals surface area (Å²) in [5, 5.41) is 0. The standard InChI is InChI=1S/C9H15Cl/c1-8(2)7-9(10)5-3-4-6-9/h1,3-7H2,2H3. The van der Waals surface area contributed by atoms with Crippen LogP contribution in [-0.2, 0) is 0 Å². The molecule has 1 aliphatic rings. The highest BCUT2D eigenvalue weighted by molar-refractivity contribution is 6.24. The van der Waals surface area contributed by atoms with Gasteiger partial charge in [-0.05, 0) is 26.2 Å². The third-order valence-corrected chi connectivity index (χ3v) is 2.63. The number of alkyl halides is 1. The Morgan fingerprint density at radius 2 is 2.00 bits per heavy atom. The van der Waals surface area contributed by atoms with Crippen molar-refractivity contribution in [1.29, 1.82) is 0 Å². The number of allylic oxidation sites excluding steroid dienone is 1. The van der Waals surface area contributed by atoms with Crippen LogP contribution in [0.5, 0.6) is 0 Å². The third-order valence-electron chi connectivity index (χ3n) is 2.12. The zero-order valence-electron chi connectivity index (χ0n) is 6.62. The number of halogens is 1. The molecule has 0 heterocycles. The van der Waals surface area contributed by atoms with E-state index in [0.717, 1.165) is 6.42 Å². The topological polar surface area (TPSA) is 0 Å². The zero-order chi connectivity index (χ0) is 7.61. The molecule has 0 aromatic heterocycles. The van der Waals surface area contributed by atoms with Crippen LogP contribution in [0.25, 0.3) is 0 Å². The molecule has 0 atom stereocenters. The van der Waals surface area contributed by atoms with Crippen LogP contribution >= 0.6 is 11.6 Å². The van der Waals surface area contributed by atoms with Crippen molar-refractivity contribution in [2.24, 2.45) is 0 Å². The Morgan fingerprint density at radius 1 is 1.50 bits per heavy atom. The molecule has 0 nitrogen and oxygen atoms in total. The van der Waals surface area contributed by atoms with Crippen LogP contribution in [0.15, 0.2) is 12.2 Å². The molecule has 0 spiro atoms. The highest BCUT2D eigenvalue weighted by Crippen LogP contribution is 2.40. The van der Waals surface area contributed by atoms with Crippen LogP contribution in [-0.4, -0.2) is 4.87 Å². The molecule has 1 aliphatic carbocycles. The largest absolute Gasteiger partial charge is 0.119 e. The van der Waals surface area contributed by atoms with Crippen LogP contribution in [0.4, 0.5) is 0 Å². The first-order valence-corrected chi connectivity index (χ1v) is 4.33. The molecule has 0 aliphatic heterocycles. The summed E-state index contributed by atoms with van der Waals surface area (Å²) in [4.78, 5) is 0.0891. The molecule has 1 fully saturated rings. The summed E-state index contributed by atoms with van der Waals surface area (Å²) in [7, 11) is 0. The summed E-state index contributed by atoms with van der Waals surface area (Å²) >= 11 is 6.30. The number of hydrogen-bond donors (Lipinski definition) is 0. The van der Waals surface area contributed by atoms with Crippen molar-refractivity contribution in [1.82, 2.24) is 0 Å². The Balaban J connectivity index is 2.43. The van der Waals surface area contributed by atoms with Crippen molar-refractivity contribution in [2.75, 3.05) is 0 Å². The van der Waals surface area contributed by atoms with Gasteiger partial charge in [0.1, 0.15) is 0 Å². The van der Waals surface area contributed by atoms with E-state index in [1.165, 1.54) is 31.3 Å². The van der Waals surface area contributed by atoms with Crippen molar-refractivity contribution >= 4 is 11.6 Å². The first kappa shape index (κ1) is 8.13. The maximum Gasteiger partial charge on any atom is 0.0483 e. The molecule has 0 N–H and O–H groups in total. The first-order valence-electron chi connectivity index (χ1n) is 3.96. The van der Waals surface area contributed by atoms with Gasteiger partial charge < -0.3 is 0 Å². The smallest absolute Gasteiger partial charge is 0.0483 e. The fraction of sp³-hybridized carbons (Fsp3) is 0.778. The van der Waals surface area contributed by atoms with Gasteiger partial charge in [0.25, 0.3) is 0 Å². The van der Waals surface area contributed by atoms with Gasteiger partial charge in [-0.25, -0.2) is 0 Å². The minimum atomic E-state index is 0.0891. The Morgan fingerprint density at radius 3 is 2.40 bits per heavy atom. The molecule has 1 saturated carbocycles. The van der Waals surface area contributed by atoms with Gasteiger partial charge in [-0.2, -0.15) is 0 Å². The van der Waals surface area contributed by atoms with Crippen LogP contribution < -0.4 is 0 Å². The summed E-state index contributed by atoms with van der Waals surface area (Å²) in [6, 6.07) is 0. The van der Waals surface area contributed by atoms with Gasteiger partial charge in [0, 0.05) is 4.87 Å². The summed E-state index contributed by atoms with van der Waals surface area (Å²) in [5.74, 6) is 0. The summed E-state index contributed by atoms with van der Waals surface area (Å²) in [6.07, 6.45) is 5.98. The van der Waals surface area contributed by atoms with Crippen molar-refractivity contribution in [2.45, 2.75) is 43.9 Å². The molecule has 0 bridgehead atoms. The van der Waals surface area contributed by atoms with Gasteiger partial charge >= 0.3 is 0 Å². The average Bonchev–Trinajstić information content (AvgIpc) is 2.12. The Labute approximate surface area is 68.3 Å². The zero-order valence-corrected chi connectivity index (χ0v) is 7.38. The van der Waals surface area contributed by atoms with Crippen molar-refractivity contribution in [3.05, 3.63) is 12.2 Å². The highest BCUT2D eigenvalue weighted by Gasteiger charge is 2.30. The SMILES string of the molecule is C=C(C)CC1(Cl)CCCC1. The van der Waals surface area contributed by atoms with Gasteiger partial charge in [-0.3, -0.25) is 0 Å². The van der Waals surface area contributed by atoms with E-state index in [-0.39, 0.29) is 4.87 Å². The molecule has 0 radical (unpaired) electrons. The molecule has 0 unspecified atom stereocenters. The molecule has 10 heavy (non-hydrogen) atoms. The molecule has 0 saturated heterocycles. The quantitative estimate of drug-likeness (QED) is 0.426. The summed E-state index contributed by atoms with van der Waals surface area (Å²) in [5.41, 5.74) is 1.22. The van der Waals surface area contributed by atoms with Gasteiger partial charge in [-0.1, -0.05) is 18.4 Å². The van der Waals surface area contributed by atoms with Crippen molar-refractivity contribution in [3.8, 4) is 0 Å². The van der Waals surface area contributed by atoms with Gasteiger partial charge in [-0.15, -0.1) is 18.2 Å². The van der Waals surface area contributed by atoms with Crippen LogP contribution in [0.3, 0.4) is 0 Å². The lowest BCUT2D eigenvalue weighted by Gasteiger charge is -2.19. The highest BCUT2D eigenvalue weighted by atomic mass is 35.5. The molecule has 0 amide bonds. The lowest BCUT2D eigenvalue weighted by molar-refractivity contribution is 0.589. The Hall–Kier alpha value is 0.0300. The van der Waals surface area contributed by atoms with Gasteiger partial charge in [0.05, 0.1) is 0 Å². The lowest BCUT2D eigenvalue weighted by Crippen LogP contribution is -2.15. The predicted molar refractivity (Wildman–Crippen MR) is 46.5 cm³/mol. The second-order valence-electron chi connectivity index (χ2n) is 3.49. The molecule has 1 heteroatoms. The van der Waals surface area contributed by atoms with E-state index >= 15 is 0 Å². The molecule has 1 rings (SSSR count). The predicted octanol–water partition coefficient (Wildman–Crippen LogP) is 3.50. The van der Waals surface area contributed by atoms with E-state index in [1.807, 2.05) is 0 Å². The lowest BCUT2D eigenvalue weighted by atomic mass is 9.99. The fourth-order valence-electron chi connectivity index (χ4n) is 1.73. The molecule has 0 aromatic carbocycles. The molecule has 58 valence electrons. The van der Waals surface area contributed by atoms with Crippen molar-refractivity contribution in [3.63, 3.8) is 0 Å². The van der Waals surface area contributed by atoms with Crippen molar-refractivity contribution < 1.29 is 0 Å². The van der Waals surface area contributed by atoms with Crippen LogP contribution in [0, 0.1) is 0 Å². The number of hydrogen-bond acceptors (Lipinski definition) is 0. The van der Waals surface area contributed by atoms with E-state index in [0.29, 0.717) is 0 Å². The van der Waals surface area contributed by atoms with Crippen LogP contribution in [0.2, 0.25) is 0 Å². The maximum absolute atomic E-state index is 6.30. The Kier molecular flexibility index (Phi) is 2.40. The fourth-order valence-corrected chi connectivity index (χ4v) is 2.22. The summed E-state index contributed by atoms with van der Waals surface area (Å²) < 4.78 is 0. The average molecular weight is 159 g/mol. The number of rotatable bonds is 2. The minimum absolute atomic E-state index is 0.0891. The van der Waals surface area contributed by atoms with E-state index in [9.17, 15) is 0 Å². The molecular weight excluding hydrogens is 144 g/mol. The van der Waals surface area contributed by atoms with Gasteiger partial charge in [0.15, 0.2) is 0 Å².